The predicted octanol–water partition coefficient (Wildman–Crippen LogP) is 5.80. The van der Waals surface area contributed by atoms with E-state index in [1.807, 2.05) is 41.1 Å². The molecule has 0 radical (unpaired) electrons. The second-order valence-corrected chi connectivity index (χ2v) is 6.81. The summed E-state index contributed by atoms with van der Waals surface area (Å²) >= 11 is 0. The van der Waals surface area contributed by atoms with E-state index < -0.39 is 10.7 Å². The number of aromatic nitrogens is 1. The van der Waals surface area contributed by atoms with Gasteiger partial charge in [-0.05, 0) is 23.8 Å². The number of allylic oxidation sites excluding steroid dienone is 1. The van der Waals surface area contributed by atoms with E-state index in [0.29, 0.717) is 6.54 Å². The van der Waals surface area contributed by atoms with Crippen molar-refractivity contribution in [3.8, 4) is 6.07 Å². The van der Waals surface area contributed by atoms with E-state index in [9.17, 15) is 19.8 Å². The molecule has 0 aliphatic rings. The third-order valence-corrected chi connectivity index (χ3v) is 4.88. The van der Waals surface area contributed by atoms with Gasteiger partial charge < -0.3 is 4.57 Å². The van der Waals surface area contributed by atoms with Gasteiger partial charge in [-0.3, -0.25) is 10.1 Å². The molecule has 4 aromatic rings. The maximum atomic E-state index is 14.2. The van der Waals surface area contributed by atoms with Gasteiger partial charge in [0.05, 0.1) is 16.6 Å². The van der Waals surface area contributed by atoms with Crippen LogP contribution < -0.4 is 0 Å². The first-order chi connectivity index (χ1) is 14.6. The molecule has 0 spiro atoms. The van der Waals surface area contributed by atoms with Crippen molar-refractivity contribution in [2.75, 3.05) is 0 Å². The van der Waals surface area contributed by atoms with Crippen molar-refractivity contribution in [1.82, 2.24) is 4.57 Å². The zero-order valence-corrected chi connectivity index (χ0v) is 15.8. The first-order valence-electron chi connectivity index (χ1n) is 9.25. The van der Waals surface area contributed by atoms with Crippen molar-refractivity contribution in [2.45, 2.75) is 6.54 Å². The van der Waals surface area contributed by atoms with Crippen molar-refractivity contribution in [2.24, 2.45) is 0 Å². The van der Waals surface area contributed by atoms with Gasteiger partial charge in [-0.25, -0.2) is 4.39 Å². The Morgan fingerprint density at radius 2 is 1.87 bits per heavy atom. The van der Waals surface area contributed by atoms with Gasteiger partial charge in [0.1, 0.15) is 5.82 Å². The normalized spacial score (nSPS) is 11.4. The SMILES string of the molecule is N#C/C(=C/c1cn(Cc2cccc([N+](=O)[O-])c2)c2ccccc12)c1ccccc1F. The van der Waals surface area contributed by atoms with Crippen LogP contribution in [0.5, 0.6) is 0 Å². The topological polar surface area (TPSA) is 71.9 Å². The molecule has 146 valence electrons. The molecular weight excluding hydrogens is 381 g/mol. The van der Waals surface area contributed by atoms with Crippen LogP contribution in [-0.4, -0.2) is 9.49 Å². The lowest BCUT2D eigenvalue weighted by Crippen LogP contribution is -1.98. The second kappa shape index (κ2) is 8.02. The van der Waals surface area contributed by atoms with Crippen LogP contribution in [0, 0.1) is 27.3 Å². The maximum Gasteiger partial charge on any atom is 0.269 e. The highest BCUT2D eigenvalue weighted by Gasteiger charge is 2.12. The van der Waals surface area contributed by atoms with Crippen LogP contribution in [0.1, 0.15) is 16.7 Å². The maximum absolute atomic E-state index is 14.2. The fourth-order valence-electron chi connectivity index (χ4n) is 3.49. The van der Waals surface area contributed by atoms with E-state index in [1.165, 1.54) is 12.1 Å². The minimum Gasteiger partial charge on any atom is -0.342 e. The fraction of sp³-hybridized carbons (Fsp3) is 0.0417. The number of fused-ring (bicyclic) bond motifs is 1. The Labute approximate surface area is 172 Å². The molecule has 30 heavy (non-hydrogen) atoms. The molecule has 0 saturated heterocycles. The summed E-state index contributed by atoms with van der Waals surface area (Å²) < 4.78 is 16.2. The van der Waals surface area contributed by atoms with Crippen molar-refractivity contribution in [1.29, 1.82) is 5.26 Å². The van der Waals surface area contributed by atoms with E-state index in [4.69, 9.17) is 0 Å². The van der Waals surface area contributed by atoms with E-state index in [1.54, 1.807) is 36.4 Å². The van der Waals surface area contributed by atoms with Gasteiger partial charge in [-0.15, -0.1) is 0 Å². The molecule has 1 heterocycles. The number of rotatable bonds is 5. The monoisotopic (exact) mass is 397 g/mol. The van der Waals surface area contributed by atoms with Crippen LogP contribution >= 0.6 is 0 Å². The van der Waals surface area contributed by atoms with Gasteiger partial charge in [0.25, 0.3) is 5.69 Å². The number of nitro benzene ring substituents is 1. The first-order valence-corrected chi connectivity index (χ1v) is 9.25. The van der Waals surface area contributed by atoms with Crippen LogP contribution in [0.3, 0.4) is 0 Å². The lowest BCUT2D eigenvalue weighted by molar-refractivity contribution is -0.384. The Hall–Kier alpha value is -4.24. The minimum absolute atomic E-state index is 0.0374. The van der Waals surface area contributed by atoms with Crippen molar-refractivity contribution in [3.05, 3.63) is 112 Å². The van der Waals surface area contributed by atoms with E-state index in [2.05, 4.69) is 6.07 Å². The minimum atomic E-state index is -0.453. The number of hydrogen-bond donors (Lipinski definition) is 0. The number of halogens is 1. The second-order valence-electron chi connectivity index (χ2n) is 6.81. The highest BCUT2D eigenvalue weighted by atomic mass is 19.1. The van der Waals surface area contributed by atoms with Gasteiger partial charge in [0.15, 0.2) is 0 Å². The van der Waals surface area contributed by atoms with Gasteiger partial charge in [0.2, 0.25) is 0 Å². The summed E-state index contributed by atoms with van der Waals surface area (Å²) in [6, 6.07) is 22.4. The Kier molecular flexibility index (Phi) is 5.10. The zero-order valence-electron chi connectivity index (χ0n) is 15.8. The van der Waals surface area contributed by atoms with E-state index in [0.717, 1.165) is 22.0 Å². The predicted molar refractivity (Wildman–Crippen MR) is 114 cm³/mol. The first kappa shape index (κ1) is 19.1. The molecule has 0 amide bonds. The number of non-ortho nitro benzene ring substituents is 1. The zero-order chi connectivity index (χ0) is 21.1. The van der Waals surface area contributed by atoms with Gasteiger partial charge in [-0.1, -0.05) is 48.5 Å². The Bertz CT molecular complexity index is 1330. The van der Waals surface area contributed by atoms with Crippen LogP contribution in [-0.2, 0) is 6.54 Å². The number of nitrogens with zero attached hydrogens (tertiary/aromatic N) is 3. The summed E-state index contributed by atoms with van der Waals surface area (Å²) in [5, 5.41) is 21.6. The number of para-hydroxylation sites is 1. The molecule has 0 aliphatic carbocycles. The van der Waals surface area contributed by atoms with Crippen LogP contribution in [0.15, 0.2) is 79.0 Å². The third kappa shape index (κ3) is 3.69. The fourth-order valence-corrected chi connectivity index (χ4v) is 3.49. The average molecular weight is 397 g/mol. The molecule has 3 aromatic carbocycles. The number of hydrogen-bond acceptors (Lipinski definition) is 3. The molecule has 5 nitrogen and oxygen atoms in total. The Balaban J connectivity index is 1.80. The summed E-state index contributed by atoms with van der Waals surface area (Å²) in [5.41, 5.74) is 2.99. The van der Waals surface area contributed by atoms with Gasteiger partial charge in [-0.2, -0.15) is 5.26 Å². The molecular formula is C24H16FN3O2. The molecule has 0 unspecified atom stereocenters. The van der Waals surface area contributed by atoms with Crippen molar-refractivity contribution in [3.63, 3.8) is 0 Å². The van der Waals surface area contributed by atoms with Crippen LogP contribution in [0.2, 0.25) is 0 Å². The highest BCUT2D eigenvalue weighted by molar-refractivity contribution is 5.98. The Morgan fingerprint density at radius 1 is 1.10 bits per heavy atom. The molecule has 4 rings (SSSR count). The van der Waals surface area contributed by atoms with Gasteiger partial charge in [0, 0.05) is 46.9 Å². The summed E-state index contributed by atoms with van der Waals surface area (Å²) in [5.74, 6) is -0.453. The van der Waals surface area contributed by atoms with E-state index in [-0.39, 0.29) is 16.8 Å². The van der Waals surface area contributed by atoms with Crippen molar-refractivity contribution < 1.29 is 9.31 Å². The molecule has 0 N–H and O–H groups in total. The molecule has 1 aromatic heterocycles. The number of benzene rings is 3. The molecule has 0 bridgehead atoms. The largest absolute Gasteiger partial charge is 0.342 e. The molecule has 0 aliphatic heterocycles. The smallest absolute Gasteiger partial charge is 0.269 e. The van der Waals surface area contributed by atoms with Gasteiger partial charge >= 0.3 is 0 Å². The third-order valence-electron chi connectivity index (χ3n) is 4.88. The number of nitro groups is 1. The molecule has 0 saturated carbocycles. The number of nitriles is 1. The van der Waals surface area contributed by atoms with Crippen molar-refractivity contribution >= 4 is 28.2 Å². The standard InChI is InChI=1S/C24H16FN3O2/c25-23-10-3-1-8-21(23)18(14-26)13-19-16-27(24-11-4-2-9-22(19)24)15-17-6-5-7-20(12-17)28(29)30/h1-13,16H,15H2/b18-13-. The summed E-state index contributed by atoms with van der Waals surface area (Å²) in [4.78, 5) is 10.7. The Morgan fingerprint density at radius 3 is 2.63 bits per heavy atom. The van der Waals surface area contributed by atoms with Crippen LogP contribution in [0.4, 0.5) is 10.1 Å². The van der Waals surface area contributed by atoms with E-state index >= 15 is 0 Å². The molecule has 0 atom stereocenters. The lowest BCUT2D eigenvalue weighted by Gasteiger charge is -2.05. The summed E-state index contributed by atoms with van der Waals surface area (Å²) in [7, 11) is 0. The molecule has 6 heteroatoms. The molecule has 0 fully saturated rings. The van der Waals surface area contributed by atoms with Crippen LogP contribution in [0.25, 0.3) is 22.6 Å². The average Bonchev–Trinajstić information content (AvgIpc) is 3.10. The highest BCUT2D eigenvalue weighted by Crippen LogP contribution is 2.28. The summed E-state index contributed by atoms with van der Waals surface area (Å²) in [6.07, 6.45) is 3.55. The quantitative estimate of drug-likeness (QED) is 0.243. The summed E-state index contributed by atoms with van der Waals surface area (Å²) in [6.45, 7) is 0.428. The lowest BCUT2D eigenvalue weighted by atomic mass is 10.0.